The van der Waals surface area contributed by atoms with Gasteiger partial charge in [0, 0.05) is 14.2 Å². The summed E-state index contributed by atoms with van der Waals surface area (Å²) in [6.45, 7) is 2.00. The average Bonchev–Trinajstić information content (AvgIpc) is 2.74. The van der Waals surface area contributed by atoms with E-state index in [0.717, 1.165) is 14.2 Å². The number of rotatable bonds is 2. The lowest BCUT2D eigenvalue weighted by Gasteiger charge is -2.03. The van der Waals surface area contributed by atoms with Gasteiger partial charge in [0.15, 0.2) is 4.67 Å². The van der Waals surface area contributed by atoms with Crippen LogP contribution in [0.4, 0.5) is 0 Å². The first-order valence-corrected chi connectivity index (χ1v) is 6.67. The monoisotopic (exact) mass is 350 g/mol. The molecule has 0 spiro atoms. The van der Waals surface area contributed by atoms with Crippen molar-refractivity contribution in [1.82, 2.24) is 0 Å². The lowest BCUT2D eigenvalue weighted by atomic mass is 10.2. The number of aliphatic hydroxyl groups is 1. The summed E-state index contributed by atoms with van der Waals surface area (Å²) in [6.07, 6.45) is -0.689. The molecule has 2 aromatic rings. The van der Waals surface area contributed by atoms with Gasteiger partial charge < -0.3 is 9.52 Å². The molecule has 0 amide bonds. The highest BCUT2D eigenvalue weighted by Crippen LogP contribution is 2.34. The van der Waals surface area contributed by atoms with E-state index < -0.39 is 6.10 Å². The number of halogens is 2. The van der Waals surface area contributed by atoms with E-state index in [2.05, 4.69) is 31.9 Å². The summed E-state index contributed by atoms with van der Waals surface area (Å²) in [6, 6.07) is 5.45. The highest BCUT2D eigenvalue weighted by atomic mass is 79.9. The molecule has 0 aliphatic heterocycles. The van der Waals surface area contributed by atoms with E-state index in [1.807, 2.05) is 13.0 Å². The molecule has 0 aliphatic carbocycles. The Hall–Kier alpha value is -0.100. The lowest BCUT2D eigenvalue weighted by molar-refractivity contribution is 0.191. The number of furan rings is 1. The van der Waals surface area contributed by atoms with Crippen molar-refractivity contribution in [3.05, 3.63) is 42.9 Å². The first-order valence-electron chi connectivity index (χ1n) is 4.27. The minimum Gasteiger partial charge on any atom is -0.451 e. The van der Waals surface area contributed by atoms with Gasteiger partial charge in [0.1, 0.15) is 11.9 Å². The van der Waals surface area contributed by atoms with Crippen LogP contribution < -0.4 is 0 Å². The van der Waals surface area contributed by atoms with E-state index in [0.29, 0.717) is 10.4 Å². The van der Waals surface area contributed by atoms with Gasteiger partial charge in [-0.25, -0.2) is 0 Å². The zero-order valence-corrected chi connectivity index (χ0v) is 11.8. The molecule has 2 rings (SSSR count). The van der Waals surface area contributed by atoms with Crippen LogP contribution in [0.15, 0.2) is 31.8 Å². The molecule has 15 heavy (non-hydrogen) atoms. The van der Waals surface area contributed by atoms with E-state index in [-0.39, 0.29) is 0 Å². The van der Waals surface area contributed by atoms with Crippen LogP contribution in [0.5, 0.6) is 0 Å². The summed E-state index contributed by atoms with van der Waals surface area (Å²) in [5.74, 6) is 0.552. The summed E-state index contributed by atoms with van der Waals surface area (Å²) in [4.78, 5) is 2.02. The molecule has 80 valence electrons. The first-order chi connectivity index (χ1) is 7.08. The summed E-state index contributed by atoms with van der Waals surface area (Å²) >= 11 is 8.18. The van der Waals surface area contributed by atoms with Crippen LogP contribution in [0, 0.1) is 6.92 Å². The van der Waals surface area contributed by atoms with E-state index >= 15 is 0 Å². The Morgan fingerprint density at radius 1 is 1.40 bits per heavy atom. The fraction of sp³-hybridized carbons (Fsp3) is 0.200. The third-order valence-electron chi connectivity index (χ3n) is 2.01. The summed E-state index contributed by atoms with van der Waals surface area (Å²) in [5.41, 5.74) is 0. The molecule has 2 aromatic heterocycles. The van der Waals surface area contributed by atoms with E-state index in [1.54, 1.807) is 23.5 Å². The van der Waals surface area contributed by atoms with Crippen LogP contribution in [0.2, 0.25) is 0 Å². The Bertz CT molecular complexity index is 456. The second kappa shape index (κ2) is 4.41. The normalized spacial score (nSPS) is 13.1. The van der Waals surface area contributed by atoms with Crippen molar-refractivity contribution in [1.29, 1.82) is 0 Å². The van der Waals surface area contributed by atoms with Gasteiger partial charge in [0.2, 0.25) is 0 Å². The zero-order chi connectivity index (χ0) is 11.0. The molecule has 0 fully saturated rings. The van der Waals surface area contributed by atoms with Crippen LogP contribution in [0.3, 0.4) is 0 Å². The minimum atomic E-state index is -0.689. The molecule has 0 saturated heterocycles. The van der Waals surface area contributed by atoms with Crippen LogP contribution in [0.1, 0.15) is 21.6 Å². The Labute approximate surface area is 108 Å². The maximum atomic E-state index is 10.0. The van der Waals surface area contributed by atoms with Crippen molar-refractivity contribution in [2.24, 2.45) is 0 Å². The fourth-order valence-electron chi connectivity index (χ4n) is 1.23. The van der Waals surface area contributed by atoms with Crippen LogP contribution in [-0.4, -0.2) is 5.11 Å². The largest absolute Gasteiger partial charge is 0.451 e. The molecule has 2 nitrogen and oxygen atoms in total. The highest BCUT2D eigenvalue weighted by Gasteiger charge is 2.17. The van der Waals surface area contributed by atoms with E-state index in [9.17, 15) is 5.11 Å². The average molecular weight is 352 g/mol. The number of aryl methyl sites for hydroxylation is 1. The number of aliphatic hydroxyl groups excluding tert-OH is 1. The Balaban J connectivity index is 2.31. The van der Waals surface area contributed by atoms with Crippen LogP contribution in [0.25, 0.3) is 0 Å². The summed E-state index contributed by atoms with van der Waals surface area (Å²) in [5, 5.41) is 10.0. The standard InChI is InChI=1S/C10H8Br2O2S/c1-5-6(11)4-8(15-5)10(13)7-2-3-9(12)14-7/h2-4,10,13H,1H3. The molecule has 2 heterocycles. The maximum absolute atomic E-state index is 10.0. The Kier molecular flexibility index (Phi) is 3.35. The predicted molar refractivity (Wildman–Crippen MR) is 67.2 cm³/mol. The highest BCUT2D eigenvalue weighted by molar-refractivity contribution is 9.10. The molecule has 0 aromatic carbocycles. The molecular weight excluding hydrogens is 344 g/mol. The molecule has 0 radical (unpaired) electrons. The topological polar surface area (TPSA) is 33.4 Å². The molecule has 1 atom stereocenters. The molecule has 0 bridgehead atoms. The summed E-state index contributed by atoms with van der Waals surface area (Å²) in [7, 11) is 0. The lowest BCUT2D eigenvalue weighted by Crippen LogP contribution is -1.93. The smallest absolute Gasteiger partial charge is 0.169 e. The second-order valence-electron chi connectivity index (χ2n) is 3.10. The van der Waals surface area contributed by atoms with Crippen molar-refractivity contribution in [2.75, 3.05) is 0 Å². The van der Waals surface area contributed by atoms with E-state index in [4.69, 9.17) is 4.42 Å². The zero-order valence-electron chi connectivity index (χ0n) is 7.83. The third-order valence-corrected chi connectivity index (χ3v) is 4.62. The van der Waals surface area contributed by atoms with Gasteiger partial charge in [-0.15, -0.1) is 11.3 Å². The van der Waals surface area contributed by atoms with Crippen molar-refractivity contribution >= 4 is 43.2 Å². The van der Waals surface area contributed by atoms with Gasteiger partial charge in [0.05, 0.1) is 0 Å². The van der Waals surface area contributed by atoms with Gasteiger partial charge >= 0.3 is 0 Å². The maximum Gasteiger partial charge on any atom is 0.169 e. The second-order valence-corrected chi connectivity index (χ2v) is 6.02. The predicted octanol–water partition coefficient (Wildman–Crippen LogP) is 4.26. The number of hydrogen-bond acceptors (Lipinski definition) is 3. The first kappa shape index (κ1) is 11.4. The van der Waals surface area contributed by atoms with E-state index in [1.165, 1.54) is 0 Å². The van der Waals surface area contributed by atoms with Crippen LogP contribution >= 0.6 is 43.2 Å². The van der Waals surface area contributed by atoms with Crippen molar-refractivity contribution < 1.29 is 9.52 Å². The Morgan fingerprint density at radius 3 is 2.60 bits per heavy atom. The Morgan fingerprint density at radius 2 is 2.13 bits per heavy atom. The molecule has 1 N–H and O–H groups in total. The fourth-order valence-corrected chi connectivity index (χ4v) is 3.11. The van der Waals surface area contributed by atoms with Gasteiger partial charge in [-0.1, -0.05) is 0 Å². The molecule has 5 heteroatoms. The van der Waals surface area contributed by atoms with Crippen LogP contribution in [-0.2, 0) is 0 Å². The number of hydrogen-bond donors (Lipinski definition) is 1. The molecule has 0 saturated carbocycles. The number of thiophene rings is 1. The third kappa shape index (κ3) is 2.36. The molecule has 1 unspecified atom stereocenters. The van der Waals surface area contributed by atoms with Gasteiger partial charge in [-0.05, 0) is 57.0 Å². The van der Waals surface area contributed by atoms with Gasteiger partial charge in [-0.3, -0.25) is 0 Å². The molecule has 0 aliphatic rings. The van der Waals surface area contributed by atoms with Gasteiger partial charge in [0.25, 0.3) is 0 Å². The van der Waals surface area contributed by atoms with Crippen molar-refractivity contribution in [3.8, 4) is 0 Å². The summed E-state index contributed by atoms with van der Waals surface area (Å²) < 4.78 is 6.96. The SMILES string of the molecule is Cc1sc(C(O)c2ccc(Br)o2)cc1Br. The van der Waals surface area contributed by atoms with Crippen molar-refractivity contribution in [2.45, 2.75) is 13.0 Å². The van der Waals surface area contributed by atoms with Crippen molar-refractivity contribution in [3.63, 3.8) is 0 Å². The quantitative estimate of drug-likeness (QED) is 0.877. The minimum absolute atomic E-state index is 0.552. The molecular formula is C10H8Br2O2S. The van der Waals surface area contributed by atoms with Gasteiger partial charge in [-0.2, -0.15) is 0 Å².